The van der Waals surface area contributed by atoms with E-state index in [2.05, 4.69) is 13.2 Å². The van der Waals surface area contributed by atoms with Gasteiger partial charge in [-0.3, -0.25) is 0 Å². The Hall–Kier alpha value is -1.74. The molecule has 0 bridgehead atoms. The van der Waals surface area contributed by atoms with Crippen molar-refractivity contribution < 1.29 is 38.0 Å². The summed E-state index contributed by atoms with van der Waals surface area (Å²) >= 11 is 0. The van der Waals surface area contributed by atoms with Gasteiger partial charge in [-0.1, -0.05) is 13.2 Å². The van der Waals surface area contributed by atoms with Gasteiger partial charge in [0, 0.05) is 12.2 Å². The highest BCUT2D eigenvalue weighted by atomic mass is 16.8. The minimum Gasteiger partial charge on any atom is -0.453 e. The van der Waals surface area contributed by atoms with Crippen molar-refractivity contribution in [2.75, 3.05) is 26.4 Å². The molecule has 3 fully saturated rings. The smallest absolute Gasteiger partial charge is 0.330 e. The molecule has 0 aliphatic carbocycles. The summed E-state index contributed by atoms with van der Waals surface area (Å²) in [5.74, 6) is -4.23. The van der Waals surface area contributed by atoms with Crippen LogP contribution in [0.2, 0.25) is 0 Å². The number of hydrogen-bond acceptors (Lipinski definition) is 8. The normalized spacial score (nSPS) is 37.1. The third kappa shape index (κ3) is 3.18. The van der Waals surface area contributed by atoms with Gasteiger partial charge in [0.15, 0.2) is 12.2 Å². The van der Waals surface area contributed by atoms with Crippen LogP contribution in [0, 0.1) is 0 Å². The lowest BCUT2D eigenvalue weighted by atomic mass is 9.85. The molecular weight excluding hydrogens is 344 g/mol. The summed E-state index contributed by atoms with van der Waals surface area (Å²) < 4.78 is 35.0. The molecule has 3 heterocycles. The lowest BCUT2D eigenvalue weighted by molar-refractivity contribution is -0.487. The fraction of sp³-hybridized carbons (Fsp3) is 0.667. The first-order valence-electron chi connectivity index (χ1n) is 8.80. The van der Waals surface area contributed by atoms with Crippen LogP contribution < -0.4 is 0 Å². The number of carbonyl (C=O) groups is 2. The van der Waals surface area contributed by atoms with Gasteiger partial charge in [0.05, 0.1) is 26.4 Å². The first-order valence-corrected chi connectivity index (χ1v) is 8.80. The largest absolute Gasteiger partial charge is 0.453 e. The van der Waals surface area contributed by atoms with E-state index in [9.17, 15) is 9.59 Å². The van der Waals surface area contributed by atoms with Gasteiger partial charge in [-0.2, -0.15) is 0 Å². The molecule has 0 aromatic heterocycles. The maximum atomic E-state index is 11.9. The Morgan fingerprint density at radius 2 is 1.15 bits per heavy atom. The van der Waals surface area contributed by atoms with Gasteiger partial charge in [0.25, 0.3) is 11.6 Å². The Labute approximate surface area is 152 Å². The van der Waals surface area contributed by atoms with Crippen molar-refractivity contribution in [3.63, 3.8) is 0 Å². The molecule has 8 heteroatoms. The molecular formula is C18H24O8. The summed E-state index contributed by atoms with van der Waals surface area (Å²) in [6, 6.07) is 0. The van der Waals surface area contributed by atoms with Crippen LogP contribution in [0.25, 0.3) is 0 Å². The van der Waals surface area contributed by atoms with Crippen LogP contribution in [-0.4, -0.2) is 62.1 Å². The van der Waals surface area contributed by atoms with Crippen LogP contribution in [0.15, 0.2) is 25.3 Å². The maximum absolute atomic E-state index is 11.9. The topological polar surface area (TPSA) is 89.5 Å². The number of hydrogen-bond donors (Lipinski definition) is 0. The number of rotatable bonds is 4. The summed E-state index contributed by atoms with van der Waals surface area (Å²) in [4.78, 5) is 23.7. The SMILES string of the molecule is C=CC(=O)O[C@H]1CCCO[C@@]12OCCO[C@@]21OCCC[C@@H]1OC(=O)C=C. The molecule has 0 aromatic carbocycles. The van der Waals surface area contributed by atoms with E-state index < -0.39 is 35.7 Å². The van der Waals surface area contributed by atoms with Crippen molar-refractivity contribution in [2.24, 2.45) is 0 Å². The van der Waals surface area contributed by atoms with E-state index >= 15 is 0 Å². The van der Waals surface area contributed by atoms with E-state index in [1.54, 1.807) is 0 Å². The molecule has 2 spiro atoms. The summed E-state index contributed by atoms with van der Waals surface area (Å²) in [5, 5.41) is 0. The standard InChI is InChI=1S/C18H24O8/c1-3-15(19)25-13-7-5-9-21-17(13)18(24-12-11-23-17)14(8-6-10-22-18)26-16(20)4-2/h3-4,13-14H,1-2,5-12H2/t13-,14-,17+,18+/m0/s1. The fourth-order valence-corrected chi connectivity index (χ4v) is 3.71. The molecule has 26 heavy (non-hydrogen) atoms. The van der Waals surface area contributed by atoms with Crippen molar-refractivity contribution in [1.82, 2.24) is 0 Å². The van der Waals surface area contributed by atoms with E-state index in [1.165, 1.54) is 0 Å². The van der Waals surface area contributed by atoms with Gasteiger partial charge in [-0.05, 0) is 25.7 Å². The molecule has 0 unspecified atom stereocenters. The summed E-state index contributed by atoms with van der Waals surface area (Å²) in [6.07, 6.45) is 2.92. The van der Waals surface area contributed by atoms with Gasteiger partial charge < -0.3 is 28.4 Å². The van der Waals surface area contributed by atoms with Gasteiger partial charge in [-0.15, -0.1) is 0 Å². The molecule has 3 rings (SSSR count). The van der Waals surface area contributed by atoms with Gasteiger partial charge in [0.2, 0.25) is 0 Å². The van der Waals surface area contributed by atoms with Crippen LogP contribution >= 0.6 is 0 Å². The minimum atomic E-state index is -1.52. The van der Waals surface area contributed by atoms with E-state index in [1.807, 2.05) is 0 Å². The van der Waals surface area contributed by atoms with E-state index in [0.29, 0.717) is 38.9 Å². The highest BCUT2D eigenvalue weighted by Gasteiger charge is 2.70. The predicted molar refractivity (Wildman–Crippen MR) is 87.9 cm³/mol. The van der Waals surface area contributed by atoms with Gasteiger partial charge in [0.1, 0.15) is 0 Å². The van der Waals surface area contributed by atoms with Crippen molar-refractivity contribution in [3.8, 4) is 0 Å². The van der Waals surface area contributed by atoms with Crippen LogP contribution in [0.4, 0.5) is 0 Å². The van der Waals surface area contributed by atoms with Gasteiger partial charge >= 0.3 is 11.9 Å². The van der Waals surface area contributed by atoms with Crippen molar-refractivity contribution in [2.45, 2.75) is 49.5 Å². The summed E-state index contributed by atoms with van der Waals surface area (Å²) in [6.45, 7) is 8.07. The number of esters is 2. The zero-order chi connectivity index (χ0) is 18.6. The molecule has 0 saturated carbocycles. The molecule has 3 aliphatic rings. The average Bonchev–Trinajstić information content (AvgIpc) is 2.67. The molecule has 0 radical (unpaired) electrons. The molecule has 3 saturated heterocycles. The van der Waals surface area contributed by atoms with Crippen molar-refractivity contribution >= 4 is 11.9 Å². The first kappa shape index (κ1) is 19.0. The molecule has 144 valence electrons. The summed E-state index contributed by atoms with van der Waals surface area (Å²) in [7, 11) is 0. The molecule has 0 aromatic rings. The third-order valence-electron chi connectivity index (χ3n) is 4.75. The maximum Gasteiger partial charge on any atom is 0.330 e. The number of ether oxygens (including phenoxy) is 6. The van der Waals surface area contributed by atoms with Crippen molar-refractivity contribution in [1.29, 1.82) is 0 Å². The van der Waals surface area contributed by atoms with Crippen LogP contribution in [-0.2, 0) is 38.0 Å². The van der Waals surface area contributed by atoms with Crippen LogP contribution in [0.3, 0.4) is 0 Å². The molecule has 8 nitrogen and oxygen atoms in total. The predicted octanol–water partition coefficient (Wildman–Crippen LogP) is 1.24. The van der Waals surface area contributed by atoms with E-state index in [4.69, 9.17) is 28.4 Å². The lowest BCUT2D eigenvalue weighted by Crippen LogP contribution is -2.76. The highest BCUT2D eigenvalue weighted by molar-refractivity contribution is 5.81. The second-order valence-electron chi connectivity index (χ2n) is 6.27. The fourth-order valence-electron chi connectivity index (χ4n) is 3.71. The molecule has 0 amide bonds. The Bertz CT molecular complexity index is 514. The Morgan fingerprint density at radius 3 is 1.54 bits per heavy atom. The zero-order valence-electron chi connectivity index (χ0n) is 14.6. The van der Waals surface area contributed by atoms with Crippen molar-refractivity contribution in [3.05, 3.63) is 25.3 Å². The number of fused-ring (bicyclic) bond motifs is 1. The number of carbonyl (C=O) groups excluding carboxylic acids is 2. The van der Waals surface area contributed by atoms with Gasteiger partial charge in [-0.25, -0.2) is 9.59 Å². The molecule has 4 atom stereocenters. The monoisotopic (exact) mass is 368 g/mol. The first-order chi connectivity index (χ1) is 12.6. The zero-order valence-corrected chi connectivity index (χ0v) is 14.6. The van der Waals surface area contributed by atoms with Crippen LogP contribution in [0.5, 0.6) is 0 Å². The highest BCUT2D eigenvalue weighted by Crippen LogP contribution is 2.48. The summed E-state index contributed by atoms with van der Waals surface area (Å²) in [5.41, 5.74) is 0. The Balaban J connectivity index is 1.99. The Morgan fingerprint density at radius 1 is 0.769 bits per heavy atom. The minimum absolute atomic E-state index is 0.232. The lowest BCUT2D eigenvalue weighted by Gasteiger charge is -2.57. The second kappa shape index (κ2) is 7.87. The van der Waals surface area contributed by atoms with E-state index in [0.717, 1.165) is 12.2 Å². The quantitative estimate of drug-likeness (QED) is 0.541. The van der Waals surface area contributed by atoms with E-state index in [-0.39, 0.29) is 13.2 Å². The average molecular weight is 368 g/mol. The van der Waals surface area contributed by atoms with Crippen LogP contribution in [0.1, 0.15) is 25.7 Å². The third-order valence-corrected chi connectivity index (χ3v) is 4.75. The molecule has 0 N–H and O–H groups in total. The second-order valence-corrected chi connectivity index (χ2v) is 6.27. The molecule has 3 aliphatic heterocycles. The Kier molecular flexibility index (Phi) is 5.76.